The highest BCUT2D eigenvalue weighted by Gasteiger charge is 2.50. The maximum absolute atomic E-state index is 13.6. The van der Waals surface area contributed by atoms with Gasteiger partial charge < -0.3 is 10.0 Å². The molecule has 3 aromatic rings. The van der Waals surface area contributed by atoms with E-state index in [1.807, 2.05) is 55.5 Å². The van der Waals surface area contributed by atoms with E-state index in [2.05, 4.69) is 32.0 Å². The quantitative estimate of drug-likeness (QED) is 0.324. The standard InChI is InChI=1S/C31H31NO3/c1-22(2)25-18-17-23(3)26(19-25)21-32-29-16-10-9-15-28(29)31(35,30(32)34)20-27(33)14-8-7-13-24-11-5-4-6-12-24/h4-19,22,35H,20-21H2,1-3H3/b13-7-,14-8+/t31-/m0/s1. The lowest BCUT2D eigenvalue weighted by atomic mass is 9.90. The predicted molar refractivity (Wildman–Crippen MR) is 141 cm³/mol. The largest absolute Gasteiger partial charge is 0.375 e. The second kappa shape index (κ2) is 10.2. The van der Waals surface area contributed by atoms with E-state index >= 15 is 0 Å². The molecule has 0 saturated heterocycles. The van der Waals surface area contributed by atoms with Crippen LogP contribution in [0.4, 0.5) is 5.69 Å². The van der Waals surface area contributed by atoms with E-state index in [9.17, 15) is 14.7 Å². The van der Waals surface area contributed by atoms with Crippen LogP contribution >= 0.6 is 0 Å². The highest BCUT2D eigenvalue weighted by Crippen LogP contribution is 2.43. The summed E-state index contributed by atoms with van der Waals surface area (Å²) in [5.41, 5.74) is 3.57. The average Bonchev–Trinajstić information content (AvgIpc) is 3.05. The first-order valence-electron chi connectivity index (χ1n) is 12.0. The van der Waals surface area contributed by atoms with Crippen LogP contribution < -0.4 is 4.90 Å². The molecular formula is C31H31NO3. The van der Waals surface area contributed by atoms with Crippen LogP contribution in [0.5, 0.6) is 0 Å². The van der Waals surface area contributed by atoms with Crippen molar-refractivity contribution in [1.29, 1.82) is 0 Å². The minimum absolute atomic E-state index is 0.306. The molecule has 1 atom stereocenters. The van der Waals surface area contributed by atoms with Gasteiger partial charge in [-0.1, -0.05) is 98.8 Å². The molecule has 0 spiro atoms. The van der Waals surface area contributed by atoms with Crippen molar-refractivity contribution in [2.24, 2.45) is 0 Å². The van der Waals surface area contributed by atoms with Crippen molar-refractivity contribution in [1.82, 2.24) is 0 Å². The lowest BCUT2D eigenvalue weighted by molar-refractivity contribution is -0.140. The maximum atomic E-state index is 13.6. The van der Waals surface area contributed by atoms with Gasteiger partial charge in [0.1, 0.15) is 0 Å². The fraction of sp³-hybridized carbons (Fsp3) is 0.226. The van der Waals surface area contributed by atoms with Crippen LogP contribution in [0.25, 0.3) is 6.08 Å². The van der Waals surface area contributed by atoms with Gasteiger partial charge in [0.05, 0.1) is 18.7 Å². The fourth-order valence-electron chi connectivity index (χ4n) is 4.43. The number of hydrogen-bond donors (Lipinski definition) is 1. The van der Waals surface area contributed by atoms with Gasteiger partial charge in [-0.2, -0.15) is 0 Å². The number of hydrogen-bond acceptors (Lipinski definition) is 3. The Labute approximate surface area is 207 Å². The van der Waals surface area contributed by atoms with Gasteiger partial charge in [0.25, 0.3) is 5.91 Å². The zero-order valence-corrected chi connectivity index (χ0v) is 20.4. The van der Waals surface area contributed by atoms with Gasteiger partial charge in [-0.15, -0.1) is 0 Å². The summed E-state index contributed by atoms with van der Waals surface area (Å²) in [6, 6.07) is 23.3. The van der Waals surface area contributed by atoms with Gasteiger partial charge in [0.15, 0.2) is 11.4 Å². The highest BCUT2D eigenvalue weighted by molar-refractivity contribution is 6.09. The van der Waals surface area contributed by atoms with E-state index in [-0.39, 0.29) is 12.2 Å². The van der Waals surface area contributed by atoms with Gasteiger partial charge in [0.2, 0.25) is 0 Å². The SMILES string of the molecule is Cc1ccc(C(C)C)cc1CN1C(=O)[C@](O)(CC(=O)/C=C/C=C\c2ccccc2)c2ccccc21. The van der Waals surface area contributed by atoms with Crippen LogP contribution in [-0.2, 0) is 21.7 Å². The summed E-state index contributed by atoms with van der Waals surface area (Å²) in [4.78, 5) is 27.9. The molecule has 0 aliphatic carbocycles. The lowest BCUT2D eigenvalue weighted by Gasteiger charge is -2.23. The molecule has 178 valence electrons. The van der Waals surface area contributed by atoms with Crippen LogP contribution in [0.15, 0.2) is 91.0 Å². The van der Waals surface area contributed by atoms with Crippen molar-refractivity contribution in [3.8, 4) is 0 Å². The molecule has 3 aromatic carbocycles. The van der Waals surface area contributed by atoms with Crippen LogP contribution in [-0.4, -0.2) is 16.8 Å². The number of carbonyl (C=O) groups excluding carboxylic acids is 2. The molecular weight excluding hydrogens is 434 g/mol. The average molecular weight is 466 g/mol. The Bertz CT molecular complexity index is 1290. The summed E-state index contributed by atoms with van der Waals surface area (Å²) in [6.07, 6.45) is 6.41. The van der Waals surface area contributed by atoms with E-state index < -0.39 is 11.5 Å². The Morgan fingerprint density at radius 1 is 1.00 bits per heavy atom. The number of anilines is 1. The molecule has 1 amide bonds. The second-order valence-electron chi connectivity index (χ2n) is 9.38. The number of allylic oxidation sites excluding steroid dienone is 3. The third-order valence-corrected chi connectivity index (χ3v) is 6.52. The Balaban J connectivity index is 1.55. The first kappa shape index (κ1) is 24.4. The molecule has 0 radical (unpaired) electrons. The van der Waals surface area contributed by atoms with Gasteiger partial charge in [-0.25, -0.2) is 0 Å². The van der Waals surface area contributed by atoms with Gasteiger partial charge in [-0.05, 0) is 47.2 Å². The summed E-state index contributed by atoms with van der Waals surface area (Å²) < 4.78 is 0. The molecule has 0 fully saturated rings. The summed E-state index contributed by atoms with van der Waals surface area (Å²) in [5.74, 6) is -0.406. The van der Waals surface area contributed by atoms with Crippen molar-refractivity contribution in [3.63, 3.8) is 0 Å². The number of aliphatic hydroxyl groups is 1. The van der Waals surface area contributed by atoms with E-state index in [1.54, 1.807) is 29.2 Å². The number of amides is 1. The first-order valence-corrected chi connectivity index (χ1v) is 12.0. The van der Waals surface area contributed by atoms with Crippen molar-refractivity contribution < 1.29 is 14.7 Å². The van der Waals surface area contributed by atoms with Crippen LogP contribution in [0.1, 0.15) is 54.0 Å². The van der Waals surface area contributed by atoms with E-state index in [1.165, 1.54) is 11.6 Å². The zero-order valence-electron chi connectivity index (χ0n) is 20.4. The van der Waals surface area contributed by atoms with E-state index in [0.717, 1.165) is 16.7 Å². The molecule has 0 aromatic heterocycles. The molecule has 0 saturated carbocycles. The molecule has 1 aliphatic rings. The molecule has 1 N–H and O–H groups in total. The molecule has 4 nitrogen and oxygen atoms in total. The van der Waals surface area contributed by atoms with Crippen LogP contribution in [0, 0.1) is 6.92 Å². The summed E-state index contributed by atoms with van der Waals surface area (Å²) in [7, 11) is 0. The molecule has 0 unspecified atom stereocenters. The van der Waals surface area contributed by atoms with Crippen LogP contribution in [0.2, 0.25) is 0 Å². The fourth-order valence-corrected chi connectivity index (χ4v) is 4.43. The van der Waals surface area contributed by atoms with Crippen molar-refractivity contribution in [2.45, 2.75) is 45.3 Å². The predicted octanol–water partition coefficient (Wildman–Crippen LogP) is 6.08. The molecule has 1 heterocycles. The number of nitrogens with zero attached hydrogens (tertiary/aromatic N) is 1. The van der Waals surface area contributed by atoms with E-state index in [0.29, 0.717) is 23.7 Å². The summed E-state index contributed by atoms with van der Waals surface area (Å²) in [5, 5.41) is 11.5. The molecule has 1 aliphatic heterocycles. The van der Waals surface area contributed by atoms with Gasteiger partial charge >= 0.3 is 0 Å². The number of ketones is 1. The monoisotopic (exact) mass is 465 g/mol. The number of benzene rings is 3. The normalized spacial score (nSPS) is 17.6. The third kappa shape index (κ3) is 5.18. The summed E-state index contributed by atoms with van der Waals surface area (Å²) in [6.45, 7) is 6.64. The molecule has 4 heteroatoms. The van der Waals surface area contributed by atoms with Gasteiger partial charge in [-0.3, -0.25) is 9.59 Å². The molecule has 0 bridgehead atoms. The van der Waals surface area contributed by atoms with Gasteiger partial charge in [0, 0.05) is 5.56 Å². The number of carbonyl (C=O) groups is 2. The highest BCUT2D eigenvalue weighted by atomic mass is 16.3. The third-order valence-electron chi connectivity index (χ3n) is 6.52. The number of para-hydroxylation sites is 1. The number of rotatable bonds is 8. The maximum Gasteiger partial charge on any atom is 0.264 e. The Morgan fingerprint density at radius 2 is 1.71 bits per heavy atom. The topological polar surface area (TPSA) is 57.6 Å². The van der Waals surface area contributed by atoms with Crippen molar-refractivity contribution in [3.05, 3.63) is 119 Å². The second-order valence-corrected chi connectivity index (χ2v) is 9.38. The smallest absolute Gasteiger partial charge is 0.264 e. The Hall–Kier alpha value is -3.76. The minimum Gasteiger partial charge on any atom is -0.375 e. The first-order chi connectivity index (χ1) is 16.8. The summed E-state index contributed by atoms with van der Waals surface area (Å²) >= 11 is 0. The minimum atomic E-state index is -1.88. The number of fused-ring (bicyclic) bond motifs is 1. The lowest BCUT2D eigenvalue weighted by Crippen LogP contribution is -2.41. The van der Waals surface area contributed by atoms with Crippen molar-refractivity contribution >= 4 is 23.5 Å². The zero-order chi connectivity index (χ0) is 25.0. The molecule has 4 rings (SSSR count). The van der Waals surface area contributed by atoms with E-state index in [4.69, 9.17) is 0 Å². The molecule has 35 heavy (non-hydrogen) atoms. The van der Waals surface area contributed by atoms with Crippen molar-refractivity contribution in [2.75, 3.05) is 4.90 Å². The Morgan fingerprint density at radius 3 is 2.46 bits per heavy atom. The number of aryl methyl sites for hydroxylation is 1. The van der Waals surface area contributed by atoms with Crippen LogP contribution in [0.3, 0.4) is 0 Å². The Kier molecular flexibility index (Phi) is 7.13.